The number of aliphatic hydroxyl groups is 2. The van der Waals surface area contributed by atoms with Crippen molar-refractivity contribution in [2.75, 3.05) is 44.9 Å². The van der Waals surface area contributed by atoms with Gasteiger partial charge in [-0.25, -0.2) is 18.6 Å². The molecule has 12 nitrogen and oxygen atoms in total. The molecule has 3 rings (SSSR count). The minimum atomic E-state index is -4.74. The van der Waals surface area contributed by atoms with E-state index in [0.717, 1.165) is 6.20 Å². The Bertz CT molecular complexity index is 1230. The highest BCUT2D eigenvalue weighted by atomic mass is 19.4. The van der Waals surface area contributed by atoms with Gasteiger partial charge in [0.05, 0.1) is 38.3 Å². The summed E-state index contributed by atoms with van der Waals surface area (Å²) in [5.74, 6) is -11.3. The predicted octanol–water partition coefficient (Wildman–Crippen LogP) is 0.708. The highest BCUT2D eigenvalue weighted by Gasteiger charge is 2.39. The monoisotopic (exact) mass is 616 g/mol. The fourth-order valence-electron chi connectivity index (χ4n) is 3.44. The first kappa shape index (κ1) is 32.9. The number of carbonyl (C=O) groups is 2. The molecule has 1 saturated heterocycles. The van der Waals surface area contributed by atoms with Gasteiger partial charge in [-0.2, -0.15) is 22.0 Å². The Kier molecular flexibility index (Phi) is 11.3. The molecule has 1 fully saturated rings. The van der Waals surface area contributed by atoms with Crippen LogP contribution in [0.3, 0.4) is 0 Å². The van der Waals surface area contributed by atoms with Crippen molar-refractivity contribution in [2.45, 2.75) is 30.5 Å². The Morgan fingerprint density at radius 3 is 2.29 bits per heavy atom. The molecule has 0 spiro atoms. The van der Waals surface area contributed by atoms with E-state index in [0.29, 0.717) is 6.20 Å². The topological polar surface area (TPSA) is 161 Å². The highest BCUT2D eigenvalue weighted by Crippen LogP contribution is 2.28. The van der Waals surface area contributed by atoms with Crippen LogP contribution in [0.15, 0.2) is 18.5 Å². The average Bonchev–Trinajstić information content (AvgIpc) is 2.93. The molecule has 2 heterocycles. The van der Waals surface area contributed by atoms with Crippen molar-refractivity contribution in [1.82, 2.24) is 15.3 Å². The van der Waals surface area contributed by atoms with Gasteiger partial charge in [0.1, 0.15) is 37.3 Å². The second kappa shape index (κ2) is 14.5. The molecule has 4 atom stereocenters. The summed E-state index contributed by atoms with van der Waals surface area (Å²) in [4.78, 5) is 30.3. The van der Waals surface area contributed by atoms with Crippen LogP contribution in [0.25, 0.3) is 0 Å². The zero-order valence-corrected chi connectivity index (χ0v) is 21.2. The maximum Gasteiger partial charge on any atom is 0.434 e. The largest absolute Gasteiger partial charge is 0.434 e. The van der Waals surface area contributed by atoms with E-state index < -0.39 is 90.3 Å². The van der Waals surface area contributed by atoms with Crippen LogP contribution in [-0.4, -0.2) is 96.0 Å². The van der Waals surface area contributed by atoms with Crippen molar-refractivity contribution < 1.29 is 69.5 Å². The molecule has 0 bridgehead atoms. The molecule has 1 aliphatic heterocycles. The lowest BCUT2D eigenvalue weighted by Gasteiger charge is -2.38. The number of esters is 1. The minimum absolute atomic E-state index is 0.0590. The maximum atomic E-state index is 13.5. The van der Waals surface area contributed by atoms with Gasteiger partial charge in [-0.3, -0.25) is 9.78 Å². The molecule has 0 unspecified atom stereocenters. The Hall–Kier alpha value is -3.65. The van der Waals surface area contributed by atoms with Crippen molar-refractivity contribution in [3.05, 3.63) is 47.4 Å². The number of ether oxygens (including phenoxy) is 4. The molecular formula is C23H23F7N4O8. The van der Waals surface area contributed by atoms with Crippen LogP contribution in [0.4, 0.5) is 36.6 Å². The fourth-order valence-corrected chi connectivity index (χ4v) is 3.44. The second-order valence-corrected chi connectivity index (χ2v) is 8.57. The molecule has 4 N–H and O–H groups in total. The molecule has 1 aromatic carbocycles. The first-order chi connectivity index (χ1) is 19.8. The molecule has 1 aliphatic rings. The van der Waals surface area contributed by atoms with Gasteiger partial charge < -0.3 is 39.8 Å². The zero-order valence-electron chi connectivity index (χ0n) is 21.2. The normalized spacial score (nSPS) is 20.7. The number of hydrogen-bond donors (Lipinski definition) is 4. The number of aliphatic hydroxyl groups excluding tert-OH is 2. The van der Waals surface area contributed by atoms with Crippen LogP contribution in [0, 0.1) is 23.3 Å². The van der Waals surface area contributed by atoms with Crippen LogP contribution in [0.1, 0.15) is 5.69 Å². The summed E-state index contributed by atoms with van der Waals surface area (Å²) in [5.41, 5.74) is -1.26. The van der Waals surface area contributed by atoms with Gasteiger partial charge in [0.2, 0.25) is 23.3 Å². The molecule has 1 amide bonds. The summed E-state index contributed by atoms with van der Waals surface area (Å²) >= 11 is 0. The number of nitrogens with zero attached hydrogens (tertiary/aromatic N) is 2. The third-order valence-corrected chi connectivity index (χ3v) is 5.50. The predicted molar refractivity (Wildman–Crippen MR) is 123 cm³/mol. The van der Waals surface area contributed by atoms with E-state index in [1.54, 1.807) is 0 Å². The van der Waals surface area contributed by atoms with E-state index in [1.165, 1.54) is 0 Å². The van der Waals surface area contributed by atoms with Crippen molar-refractivity contribution in [3.8, 4) is 5.75 Å². The Morgan fingerprint density at radius 2 is 1.64 bits per heavy atom. The number of amides is 1. The quantitative estimate of drug-likeness (QED) is 0.0874. The standard InChI is InChI=1S/C23H23F7N4O8/c24-10-3-11(25)19(27)22(18(10)26)42-17(36)9-40-2-1-39-8-16(35)32-4-13-21(38)20(37)12(7-41-13)33-15-6-31-5-14(34-15)23(28,29)30/h3,5-6,12-13,20-21,37-38H,1-2,4,7-9H2,(H,32,35)(H,33,34)/t12-,13+,20+,21-/m0/s1. The van der Waals surface area contributed by atoms with Crippen LogP contribution in [-0.2, 0) is 30.0 Å². The first-order valence-electron chi connectivity index (χ1n) is 11.9. The highest BCUT2D eigenvalue weighted by molar-refractivity contribution is 5.77. The number of nitrogens with one attached hydrogen (secondary N) is 2. The summed E-state index contributed by atoms with van der Waals surface area (Å²) < 4.78 is 111. The number of anilines is 1. The zero-order chi connectivity index (χ0) is 31.0. The summed E-state index contributed by atoms with van der Waals surface area (Å²) in [7, 11) is 0. The van der Waals surface area contributed by atoms with E-state index in [9.17, 15) is 50.5 Å². The molecule has 19 heteroatoms. The lowest BCUT2D eigenvalue weighted by molar-refractivity contribution is -0.144. The summed E-state index contributed by atoms with van der Waals surface area (Å²) in [5, 5.41) is 25.5. The molecular weight excluding hydrogens is 593 g/mol. The van der Waals surface area contributed by atoms with E-state index in [1.807, 2.05) is 0 Å². The molecule has 0 saturated carbocycles. The average molecular weight is 616 g/mol. The SMILES string of the molecule is O=C(COCCOCC(=O)Oc1c(F)c(F)cc(F)c1F)NC[C@H]1OC[C@H](Nc2cncc(C(F)(F)F)n2)[C@@H](O)[C@H]1O. The minimum Gasteiger partial charge on any atom is -0.418 e. The Labute approximate surface area is 231 Å². The molecule has 2 aromatic rings. The summed E-state index contributed by atoms with van der Waals surface area (Å²) in [6.07, 6.45) is -7.36. The molecule has 1 aromatic heterocycles. The molecule has 0 radical (unpaired) electrons. The van der Waals surface area contributed by atoms with Gasteiger partial charge in [-0.15, -0.1) is 0 Å². The Balaban J connectivity index is 1.31. The number of rotatable bonds is 12. The fraction of sp³-hybridized carbons (Fsp3) is 0.478. The van der Waals surface area contributed by atoms with Gasteiger partial charge in [0.15, 0.2) is 17.3 Å². The van der Waals surface area contributed by atoms with Crippen molar-refractivity contribution in [3.63, 3.8) is 0 Å². The lowest BCUT2D eigenvalue weighted by Crippen LogP contribution is -2.58. The van der Waals surface area contributed by atoms with Gasteiger partial charge in [-0.05, 0) is 0 Å². The Morgan fingerprint density at radius 1 is 1.00 bits per heavy atom. The number of carbonyl (C=O) groups excluding carboxylic acids is 2. The summed E-state index contributed by atoms with van der Waals surface area (Å²) in [6, 6.07) is -1.10. The van der Waals surface area contributed by atoms with E-state index in [-0.39, 0.29) is 38.2 Å². The third kappa shape index (κ3) is 8.92. The number of halogens is 7. The molecule has 0 aliphatic carbocycles. The van der Waals surface area contributed by atoms with Gasteiger partial charge in [-0.1, -0.05) is 0 Å². The molecule has 232 valence electrons. The van der Waals surface area contributed by atoms with Crippen molar-refractivity contribution in [1.29, 1.82) is 0 Å². The van der Waals surface area contributed by atoms with Gasteiger partial charge >= 0.3 is 12.1 Å². The number of hydrogen-bond acceptors (Lipinski definition) is 11. The molecule has 42 heavy (non-hydrogen) atoms. The third-order valence-electron chi connectivity index (χ3n) is 5.50. The van der Waals surface area contributed by atoms with Crippen LogP contribution >= 0.6 is 0 Å². The van der Waals surface area contributed by atoms with E-state index in [2.05, 4.69) is 25.3 Å². The van der Waals surface area contributed by atoms with Gasteiger partial charge in [0.25, 0.3) is 0 Å². The first-order valence-corrected chi connectivity index (χ1v) is 11.9. The van der Waals surface area contributed by atoms with Crippen LogP contribution < -0.4 is 15.4 Å². The maximum absolute atomic E-state index is 13.5. The van der Waals surface area contributed by atoms with Crippen LogP contribution in [0.2, 0.25) is 0 Å². The number of alkyl halides is 3. The van der Waals surface area contributed by atoms with Crippen LogP contribution in [0.5, 0.6) is 5.75 Å². The second-order valence-electron chi connectivity index (χ2n) is 8.57. The lowest BCUT2D eigenvalue weighted by atomic mass is 9.98. The smallest absolute Gasteiger partial charge is 0.418 e. The van der Waals surface area contributed by atoms with E-state index in [4.69, 9.17) is 14.2 Å². The van der Waals surface area contributed by atoms with E-state index >= 15 is 0 Å². The number of aromatic nitrogens is 2. The van der Waals surface area contributed by atoms with Gasteiger partial charge in [0, 0.05) is 12.6 Å². The number of benzene rings is 1. The van der Waals surface area contributed by atoms with Crippen molar-refractivity contribution >= 4 is 17.7 Å². The summed E-state index contributed by atoms with van der Waals surface area (Å²) in [6.45, 7) is -2.47. The van der Waals surface area contributed by atoms with Crippen molar-refractivity contribution in [2.24, 2.45) is 0 Å².